The van der Waals surface area contributed by atoms with Crippen LogP contribution in [0.3, 0.4) is 0 Å². The second-order valence-corrected chi connectivity index (χ2v) is 4.70. The molecule has 0 amide bonds. The Bertz CT molecular complexity index is 278. The number of aliphatic hydroxyl groups excluding tert-OH is 1. The maximum atomic E-state index is 9.59. The zero-order valence-electron chi connectivity index (χ0n) is 8.02. The maximum absolute atomic E-state index is 9.59. The Morgan fingerprint density at radius 2 is 2.07 bits per heavy atom. The molecule has 3 heteroatoms. The number of aliphatic hydroxyl groups is 1. The summed E-state index contributed by atoms with van der Waals surface area (Å²) in [4.78, 5) is 1.28. The second kappa shape index (κ2) is 4.82. The van der Waals surface area contributed by atoms with Crippen molar-refractivity contribution in [2.45, 2.75) is 11.0 Å². The van der Waals surface area contributed by atoms with Gasteiger partial charge in [-0.1, -0.05) is 18.2 Å². The number of rotatable bonds is 3. The fourth-order valence-electron chi connectivity index (χ4n) is 1.61. The quantitative estimate of drug-likeness (QED) is 0.737. The number of thioether (sulfide) groups is 1. The van der Waals surface area contributed by atoms with E-state index in [0.717, 1.165) is 18.8 Å². The van der Waals surface area contributed by atoms with E-state index in [2.05, 4.69) is 17.4 Å². The van der Waals surface area contributed by atoms with Gasteiger partial charge in [0.05, 0.1) is 6.10 Å². The number of β-amino-alcohol motifs (C(OH)–C–C–N with tert-alkyl or cyclic N) is 1. The molecule has 14 heavy (non-hydrogen) atoms. The highest BCUT2D eigenvalue weighted by Gasteiger charge is 2.24. The smallest absolute Gasteiger partial charge is 0.0712 e. The van der Waals surface area contributed by atoms with Crippen molar-refractivity contribution in [2.75, 3.05) is 18.8 Å². The lowest BCUT2D eigenvalue weighted by molar-refractivity contribution is 0.158. The molecular weight excluding hydrogens is 194 g/mol. The molecule has 1 aliphatic rings. The molecule has 2 rings (SSSR count). The molecule has 0 unspecified atom stereocenters. The highest BCUT2D eigenvalue weighted by atomic mass is 32.2. The van der Waals surface area contributed by atoms with E-state index in [9.17, 15) is 5.11 Å². The Labute approximate surface area is 88.7 Å². The fourth-order valence-corrected chi connectivity index (χ4v) is 2.71. The minimum Gasteiger partial charge on any atom is -0.391 e. The van der Waals surface area contributed by atoms with Crippen LogP contribution in [0, 0.1) is 5.92 Å². The van der Waals surface area contributed by atoms with Crippen LogP contribution in [-0.4, -0.2) is 30.1 Å². The third kappa shape index (κ3) is 2.50. The van der Waals surface area contributed by atoms with Crippen molar-refractivity contribution in [1.82, 2.24) is 5.32 Å². The van der Waals surface area contributed by atoms with Crippen LogP contribution in [0.15, 0.2) is 35.2 Å². The van der Waals surface area contributed by atoms with Gasteiger partial charge in [-0.05, 0) is 12.1 Å². The first-order valence-electron chi connectivity index (χ1n) is 4.93. The number of nitrogens with one attached hydrogen (secondary N) is 1. The van der Waals surface area contributed by atoms with Crippen LogP contribution in [0.5, 0.6) is 0 Å². The lowest BCUT2D eigenvalue weighted by Crippen LogP contribution is -2.19. The summed E-state index contributed by atoms with van der Waals surface area (Å²) in [5, 5.41) is 12.8. The van der Waals surface area contributed by atoms with E-state index in [-0.39, 0.29) is 6.10 Å². The van der Waals surface area contributed by atoms with E-state index < -0.39 is 0 Å². The van der Waals surface area contributed by atoms with Crippen LogP contribution in [0.4, 0.5) is 0 Å². The summed E-state index contributed by atoms with van der Waals surface area (Å²) in [6, 6.07) is 10.3. The Kier molecular flexibility index (Phi) is 3.45. The Balaban J connectivity index is 1.82. The van der Waals surface area contributed by atoms with Gasteiger partial charge in [0.1, 0.15) is 0 Å². The molecule has 1 aromatic rings. The number of hydrogen-bond acceptors (Lipinski definition) is 3. The van der Waals surface area contributed by atoms with E-state index in [1.54, 1.807) is 0 Å². The van der Waals surface area contributed by atoms with Gasteiger partial charge in [-0.3, -0.25) is 0 Å². The van der Waals surface area contributed by atoms with Gasteiger partial charge in [-0.25, -0.2) is 0 Å². The molecule has 0 aliphatic carbocycles. The summed E-state index contributed by atoms with van der Waals surface area (Å²) in [5.74, 6) is 1.40. The molecule has 76 valence electrons. The molecule has 0 spiro atoms. The number of benzene rings is 1. The Hall–Kier alpha value is -0.510. The minimum absolute atomic E-state index is 0.161. The molecule has 2 nitrogen and oxygen atoms in total. The lowest BCUT2D eigenvalue weighted by atomic mass is 10.1. The summed E-state index contributed by atoms with van der Waals surface area (Å²) in [5.41, 5.74) is 0. The van der Waals surface area contributed by atoms with Crippen LogP contribution in [0.25, 0.3) is 0 Å². The summed E-state index contributed by atoms with van der Waals surface area (Å²) in [7, 11) is 0. The summed E-state index contributed by atoms with van der Waals surface area (Å²) >= 11 is 1.82. The molecule has 2 N–H and O–H groups in total. The molecule has 1 aromatic carbocycles. The zero-order valence-corrected chi connectivity index (χ0v) is 8.83. The lowest BCUT2D eigenvalue weighted by Gasteiger charge is -2.12. The van der Waals surface area contributed by atoms with Crippen LogP contribution < -0.4 is 5.32 Å². The summed E-state index contributed by atoms with van der Waals surface area (Å²) in [6.45, 7) is 1.70. The highest BCUT2D eigenvalue weighted by molar-refractivity contribution is 7.99. The standard InChI is InChI=1S/C11H15NOS/c13-11-7-12-6-9(11)8-14-10-4-2-1-3-5-10/h1-5,9,11-13H,6-8H2/t9-,11+/m1/s1. The van der Waals surface area contributed by atoms with Crippen LogP contribution >= 0.6 is 11.8 Å². The average Bonchev–Trinajstić information content (AvgIpc) is 2.63. The maximum Gasteiger partial charge on any atom is 0.0712 e. The predicted molar refractivity (Wildman–Crippen MR) is 59.5 cm³/mol. The van der Waals surface area contributed by atoms with Gasteiger partial charge in [0.25, 0.3) is 0 Å². The molecule has 2 atom stereocenters. The SMILES string of the molecule is O[C@H]1CNC[C@@H]1CSc1ccccc1. The summed E-state index contributed by atoms with van der Waals surface area (Å²) < 4.78 is 0. The van der Waals surface area contributed by atoms with E-state index in [1.165, 1.54) is 4.90 Å². The van der Waals surface area contributed by atoms with E-state index in [0.29, 0.717) is 5.92 Å². The molecule has 1 heterocycles. The van der Waals surface area contributed by atoms with Gasteiger partial charge in [0.15, 0.2) is 0 Å². The van der Waals surface area contributed by atoms with Gasteiger partial charge >= 0.3 is 0 Å². The normalized spacial score (nSPS) is 26.6. The van der Waals surface area contributed by atoms with Crippen molar-refractivity contribution in [3.8, 4) is 0 Å². The molecule has 0 aromatic heterocycles. The monoisotopic (exact) mass is 209 g/mol. The first kappa shape index (κ1) is 10.0. The second-order valence-electron chi connectivity index (χ2n) is 3.61. The molecule has 1 fully saturated rings. The van der Waals surface area contributed by atoms with Crippen LogP contribution in [0.2, 0.25) is 0 Å². The van der Waals surface area contributed by atoms with Crippen LogP contribution in [-0.2, 0) is 0 Å². The minimum atomic E-state index is -0.161. The predicted octanol–water partition coefficient (Wildman–Crippen LogP) is 1.36. The van der Waals surface area contributed by atoms with Crippen molar-refractivity contribution in [3.63, 3.8) is 0 Å². The van der Waals surface area contributed by atoms with Crippen molar-refractivity contribution in [2.24, 2.45) is 5.92 Å². The Morgan fingerprint density at radius 1 is 1.29 bits per heavy atom. The van der Waals surface area contributed by atoms with Gasteiger partial charge in [-0.2, -0.15) is 0 Å². The molecule has 0 radical (unpaired) electrons. The molecule has 0 saturated carbocycles. The first-order valence-corrected chi connectivity index (χ1v) is 5.91. The van der Waals surface area contributed by atoms with Crippen molar-refractivity contribution >= 4 is 11.8 Å². The van der Waals surface area contributed by atoms with Crippen molar-refractivity contribution in [3.05, 3.63) is 30.3 Å². The Morgan fingerprint density at radius 3 is 2.71 bits per heavy atom. The summed E-state index contributed by atoms with van der Waals surface area (Å²) in [6.07, 6.45) is -0.161. The van der Waals surface area contributed by atoms with E-state index in [1.807, 2.05) is 30.0 Å². The van der Waals surface area contributed by atoms with Gasteiger partial charge in [0.2, 0.25) is 0 Å². The third-order valence-electron chi connectivity index (χ3n) is 2.51. The van der Waals surface area contributed by atoms with E-state index in [4.69, 9.17) is 0 Å². The topological polar surface area (TPSA) is 32.3 Å². The van der Waals surface area contributed by atoms with Crippen molar-refractivity contribution in [1.29, 1.82) is 0 Å². The third-order valence-corrected chi connectivity index (χ3v) is 3.71. The molecule has 1 aliphatic heterocycles. The average molecular weight is 209 g/mol. The molecule has 1 saturated heterocycles. The molecule has 0 bridgehead atoms. The zero-order chi connectivity index (χ0) is 9.80. The largest absolute Gasteiger partial charge is 0.391 e. The molecular formula is C11H15NOS. The fraction of sp³-hybridized carbons (Fsp3) is 0.455. The van der Waals surface area contributed by atoms with Gasteiger partial charge in [-0.15, -0.1) is 11.8 Å². The highest BCUT2D eigenvalue weighted by Crippen LogP contribution is 2.22. The van der Waals surface area contributed by atoms with Gasteiger partial charge < -0.3 is 10.4 Å². The van der Waals surface area contributed by atoms with Gasteiger partial charge in [0, 0.05) is 29.7 Å². The van der Waals surface area contributed by atoms with Crippen LogP contribution in [0.1, 0.15) is 0 Å². The number of hydrogen-bond donors (Lipinski definition) is 2. The first-order chi connectivity index (χ1) is 6.86. The van der Waals surface area contributed by atoms with Crippen molar-refractivity contribution < 1.29 is 5.11 Å². The van der Waals surface area contributed by atoms with E-state index >= 15 is 0 Å².